The molecule has 0 aromatic heterocycles. The maximum atomic E-state index is 11.5. The van der Waals surface area contributed by atoms with E-state index in [0.29, 0.717) is 11.4 Å². The summed E-state index contributed by atoms with van der Waals surface area (Å²) in [6, 6.07) is 7.27. The molecule has 2 amide bonds. The van der Waals surface area contributed by atoms with Gasteiger partial charge in [-0.15, -0.1) is 0 Å². The Morgan fingerprint density at radius 1 is 1.33 bits per heavy atom. The summed E-state index contributed by atoms with van der Waals surface area (Å²) in [5.41, 5.74) is 9.58. The smallest absolute Gasteiger partial charge is 0.249 e. The molecule has 0 aliphatic heterocycles. The van der Waals surface area contributed by atoms with Crippen LogP contribution in [0.2, 0.25) is 5.02 Å². The molecule has 1 unspecified atom stereocenters. The number of halogens is 1. The lowest BCUT2D eigenvalue weighted by Crippen LogP contribution is -2.42. The normalized spacial score (nSPS) is 16.2. The van der Waals surface area contributed by atoms with Gasteiger partial charge in [0.25, 0.3) is 0 Å². The van der Waals surface area contributed by atoms with Crippen LogP contribution in [0.4, 0.5) is 0 Å². The van der Waals surface area contributed by atoms with Gasteiger partial charge in [0.2, 0.25) is 11.8 Å². The van der Waals surface area contributed by atoms with E-state index in [-0.39, 0.29) is 19.3 Å². The van der Waals surface area contributed by atoms with Gasteiger partial charge in [0.1, 0.15) is 5.60 Å². The molecule has 133 valence electrons. The highest BCUT2D eigenvalue weighted by Gasteiger charge is 2.30. The van der Waals surface area contributed by atoms with Crippen molar-refractivity contribution in [3.63, 3.8) is 0 Å². The van der Waals surface area contributed by atoms with E-state index in [4.69, 9.17) is 23.1 Å². The average Bonchev–Trinajstić information content (AvgIpc) is 2.50. The van der Waals surface area contributed by atoms with Crippen molar-refractivity contribution in [2.75, 3.05) is 0 Å². The quantitative estimate of drug-likeness (QED) is 0.498. The molecule has 6 N–H and O–H groups in total. The molecule has 0 spiro atoms. The Bertz CT molecular complexity index is 577. The number of rotatable bonds is 10. The van der Waals surface area contributed by atoms with E-state index in [2.05, 4.69) is 0 Å². The summed E-state index contributed by atoms with van der Waals surface area (Å²) < 4.78 is 0. The van der Waals surface area contributed by atoms with E-state index >= 15 is 0 Å². The van der Waals surface area contributed by atoms with Crippen LogP contribution < -0.4 is 11.5 Å². The molecule has 0 aliphatic rings. The highest BCUT2D eigenvalue weighted by atomic mass is 35.5. The fraction of sp³-hybridized carbons (Fsp3) is 0.471. The first-order valence-electron chi connectivity index (χ1n) is 7.70. The lowest BCUT2D eigenvalue weighted by Gasteiger charge is -2.23. The highest BCUT2D eigenvalue weighted by Crippen LogP contribution is 2.22. The first-order chi connectivity index (χ1) is 11.1. The molecule has 1 rings (SSSR count). The van der Waals surface area contributed by atoms with E-state index in [1.807, 2.05) is 18.2 Å². The van der Waals surface area contributed by atoms with E-state index in [1.54, 1.807) is 12.5 Å². The summed E-state index contributed by atoms with van der Waals surface area (Å²) in [5, 5.41) is 20.5. The Morgan fingerprint density at radius 2 is 1.96 bits per heavy atom. The van der Waals surface area contributed by atoms with Crippen LogP contribution in [0.15, 0.2) is 24.3 Å². The highest BCUT2D eigenvalue weighted by molar-refractivity contribution is 6.31. The van der Waals surface area contributed by atoms with Gasteiger partial charge < -0.3 is 21.7 Å². The third-order valence-electron chi connectivity index (χ3n) is 4.01. The predicted octanol–water partition coefficient (Wildman–Crippen LogP) is 0.956. The van der Waals surface area contributed by atoms with Gasteiger partial charge in [0.05, 0.1) is 6.10 Å². The number of carbonyl (C=O) groups is 2. The third kappa shape index (κ3) is 6.47. The number of amides is 2. The first kappa shape index (κ1) is 20.4. The van der Waals surface area contributed by atoms with Gasteiger partial charge in [-0.05, 0) is 50.7 Å². The number of aliphatic hydroxyl groups is 2. The Kier molecular flexibility index (Phi) is 7.66. The molecule has 7 heteroatoms. The molecule has 1 radical (unpaired) electrons. The van der Waals surface area contributed by atoms with Crippen LogP contribution in [0.25, 0.3) is 0 Å². The summed E-state index contributed by atoms with van der Waals surface area (Å²) in [4.78, 5) is 22.6. The summed E-state index contributed by atoms with van der Waals surface area (Å²) >= 11 is 6.05. The Balaban J connectivity index is 2.54. The standard InChI is InChI=1S/C17H24ClN2O4/c1-17(24,16(20)23)9-8-12(15(19)22)10-13(21)7-6-11-4-2-3-5-14(11)18/h2-5,7,12-13,21,24H,6,8-10H2,1H3,(H2,19,22)(H2,20,23)/t12-,13+,17?/m1/s1. The zero-order chi connectivity index (χ0) is 18.3. The van der Waals surface area contributed by atoms with Crippen molar-refractivity contribution in [1.29, 1.82) is 0 Å². The summed E-state index contributed by atoms with van der Waals surface area (Å²) in [6.45, 7) is 1.29. The van der Waals surface area contributed by atoms with Crippen LogP contribution in [0.3, 0.4) is 0 Å². The van der Waals surface area contributed by atoms with Crippen molar-refractivity contribution < 1.29 is 19.8 Å². The number of aliphatic hydroxyl groups excluding tert-OH is 1. The Labute approximate surface area is 146 Å². The molecule has 0 saturated carbocycles. The van der Waals surface area contributed by atoms with Gasteiger partial charge in [-0.3, -0.25) is 9.59 Å². The first-order valence-corrected chi connectivity index (χ1v) is 8.07. The lowest BCUT2D eigenvalue weighted by molar-refractivity contribution is -0.136. The maximum Gasteiger partial charge on any atom is 0.249 e. The van der Waals surface area contributed by atoms with Crippen LogP contribution >= 0.6 is 11.6 Å². The average molecular weight is 356 g/mol. The minimum atomic E-state index is -1.71. The van der Waals surface area contributed by atoms with Crippen LogP contribution in [0.1, 0.15) is 31.7 Å². The predicted molar refractivity (Wildman–Crippen MR) is 91.8 cm³/mol. The zero-order valence-electron chi connectivity index (χ0n) is 13.6. The van der Waals surface area contributed by atoms with Crippen molar-refractivity contribution >= 4 is 23.4 Å². The number of carbonyl (C=O) groups excluding carboxylic acids is 2. The summed E-state index contributed by atoms with van der Waals surface area (Å²) in [5.74, 6) is -2.13. The monoisotopic (exact) mass is 355 g/mol. The Morgan fingerprint density at radius 3 is 2.50 bits per heavy atom. The second-order valence-corrected chi connectivity index (χ2v) is 6.52. The molecule has 3 atom stereocenters. The number of nitrogens with two attached hydrogens (primary N) is 2. The van der Waals surface area contributed by atoms with E-state index in [9.17, 15) is 19.8 Å². The molecule has 0 fully saturated rings. The molecule has 24 heavy (non-hydrogen) atoms. The topological polar surface area (TPSA) is 127 Å². The lowest BCUT2D eigenvalue weighted by atomic mass is 9.88. The number of benzene rings is 1. The van der Waals surface area contributed by atoms with Crippen molar-refractivity contribution in [2.45, 2.75) is 44.3 Å². The second-order valence-electron chi connectivity index (χ2n) is 6.11. The summed E-state index contributed by atoms with van der Waals surface area (Å²) in [7, 11) is 0. The van der Waals surface area contributed by atoms with Gasteiger partial charge in [-0.2, -0.15) is 0 Å². The molecule has 1 aromatic carbocycles. The zero-order valence-corrected chi connectivity index (χ0v) is 14.4. The maximum absolute atomic E-state index is 11.5. The SMILES string of the molecule is CC(O)(CC[C@H](C[C@@H](O)[CH]Cc1ccccc1Cl)C(N)=O)C(N)=O. The molecule has 0 aliphatic carbocycles. The van der Waals surface area contributed by atoms with Gasteiger partial charge in [-0.1, -0.05) is 29.8 Å². The molecule has 0 saturated heterocycles. The fourth-order valence-electron chi connectivity index (χ4n) is 2.27. The molecule has 1 aromatic rings. The third-order valence-corrected chi connectivity index (χ3v) is 4.38. The largest absolute Gasteiger partial charge is 0.393 e. The van der Waals surface area contributed by atoms with Crippen LogP contribution in [-0.2, 0) is 16.0 Å². The van der Waals surface area contributed by atoms with Crippen LogP contribution in [0.5, 0.6) is 0 Å². The summed E-state index contributed by atoms with van der Waals surface area (Å²) in [6.07, 6.45) is 1.48. The van der Waals surface area contributed by atoms with E-state index in [1.165, 1.54) is 6.92 Å². The second kappa shape index (κ2) is 9.01. The minimum absolute atomic E-state index is 0.00677. The van der Waals surface area contributed by atoms with Gasteiger partial charge in [0.15, 0.2) is 0 Å². The Hall–Kier alpha value is -1.63. The molecule has 0 heterocycles. The number of hydrogen-bond acceptors (Lipinski definition) is 4. The van der Waals surface area contributed by atoms with Crippen LogP contribution in [-0.4, -0.2) is 33.7 Å². The molecule has 0 bridgehead atoms. The van der Waals surface area contributed by atoms with Crippen molar-refractivity contribution in [1.82, 2.24) is 0 Å². The van der Waals surface area contributed by atoms with Crippen molar-refractivity contribution in [3.05, 3.63) is 41.3 Å². The number of primary amides is 2. The molecular weight excluding hydrogens is 332 g/mol. The van der Waals surface area contributed by atoms with E-state index < -0.39 is 29.4 Å². The minimum Gasteiger partial charge on any atom is -0.393 e. The van der Waals surface area contributed by atoms with Gasteiger partial charge >= 0.3 is 0 Å². The van der Waals surface area contributed by atoms with Gasteiger partial charge in [0, 0.05) is 10.9 Å². The molecular formula is C17H24ClN2O4. The molecule has 6 nitrogen and oxygen atoms in total. The number of hydrogen-bond donors (Lipinski definition) is 4. The van der Waals surface area contributed by atoms with Gasteiger partial charge in [-0.25, -0.2) is 0 Å². The van der Waals surface area contributed by atoms with Crippen molar-refractivity contribution in [2.24, 2.45) is 17.4 Å². The fourth-order valence-corrected chi connectivity index (χ4v) is 2.48. The van der Waals surface area contributed by atoms with E-state index in [0.717, 1.165) is 5.56 Å². The van der Waals surface area contributed by atoms with Crippen molar-refractivity contribution in [3.8, 4) is 0 Å². The van der Waals surface area contributed by atoms with Crippen LogP contribution in [0, 0.1) is 12.3 Å².